The Labute approximate surface area is 196 Å². The molecule has 4 amide bonds. The van der Waals surface area contributed by atoms with E-state index in [9.17, 15) is 19.2 Å². The van der Waals surface area contributed by atoms with E-state index in [4.69, 9.17) is 4.74 Å². The molecular weight excluding hydrogens is 434 g/mol. The minimum absolute atomic E-state index is 0.103. The topological polar surface area (TPSA) is 96.0 Å². The van der Waals surface area contributed by atoms with E-state index in [-0.39, 0.29) is 24.2 Å². The number of likely N-dealkylation sites (tertiary alicyclic amines) is 1. The van der Waals surface area contributed by atoms with Crippen LogP contribution in [-0.4, -0.2) is 59.2 Å². The monoisotopic (exact) mass is 459 g/mol. The highest BCUT2D eigenvalue weighted by molar-refractivity contribution is 6.24. The van der Waals surface area contributed by atoms with Crippen LogP contribution >= 0.6 is 0 Å². The third-order valence-electron chi connectivity index (χ3n) is 7.67. The molecule has 174 valence electrons. The van der Waals surface area contributed by atoms with Crippen LogP contribution < -0.4 is 10.1 Å². The maximum Gasteiger partial charge on any atom is 0.262 e. The van der Waals surface area contributed by atoms with E-state index in [2.05, 4.69) is 22.3 Å². The SMILES string of the molecule is O=C1CCC(N2C(=O)c3ccc4c(c3C2=O)C2(CCN(Cc3ccccc3)CC2)CO4)C(=O)N1. The standard InChI is InChI=1S/C26H25N3O5/c30-20-9-7-18(23(31)27-20)29-24(32)17-6-8-19-22(21(17)25(29)33)26(15-34-19)10-12-28(13-11-26)14-16-4-2-1-3-5-16/h1-6,8,18H,7,9-15H2,(H,27,30,31). The van der Waals surface area contributed by atoms with E-state index >= 15 is 0 Å². The van der Waals surface area contributed by atoms with Gasteiger partial charge in [0.15, 0.2) is 0 Å². The van der Waals surface area contributed by atoms with Gasteiger partial charge in [-0.3, -0.25) is 34.3 Å². The Balaban J connectivity index is 1.29. The van der Waals surface area contributed by atoms with Gasteiger partial charge in [-0.1, -0.05) is 30.3 Å². The van der Waals surface area contributed by atoms with Gasteiger partial charge < -0.3 is 4.74 Å². The summed E-state index contributed by atoms with van der Waals surface area (Å²) in [5.41, 5.74) is 2.46. The second-order valence-corrected chi connectivity index (χ2v) is 9.64. The third kappa shape index (κ3) is 3.16. The quantitative estimate of drug-likeness (QED) is 0.706. The molecule has 0 radical (unpaired) electrons. The molecule has 1 atom stereocenters. The van der Waals surface area contributed by atoms with E-state index < -0.39 is 23.8 Å². The zero-order valence-corrected chi connectivity index (χ0v) is 18.7. The number of carbonyl (C=O) groups excluding carboxylic acids is 4. The summed E-state index contributed by atoms with van der Waals surface area (Å²) in [6, 6.07) is 12.8. The van der Waals surface area contributed by atoms with Crippen molar-refractivity contribution in [3.05, 3.63) is 64.7 Å². The van der Waals surface area contributed by atoms with Gasteiger partial charge in [0.2, 0.25) is 11.8 Å². The molecule has 2 aromatic rings. The molecule has 2 aromatic carbocycles. The Kier molecular flexibility index (Phi) is 4.81. The number of amides is 4. The number of hydrogen-bond acceptors (Lipinski definition) is 6. The number of ether oxygens (including phenoxy) is 1. The lowest BCUT2D eigenvalue weighted by atomic mass is 9.72. The first-order chi connectivity index (χ1) is 16.5. The lowest BCUT2D eigenvalue weighted by molar-refractivity contribution is -0.136. The highest BCUT2D eigenvalue weighted by Gasteiger charge is 2.52. The number of carbonyl (C=O) groups is 4. The predicted octanol–water partition coefficient (Wildman–Crippen LogP) is 2.01. The maximum atomic E-state index is 13.6. The van der Waals surface area contributed by atoms with E-state index in [1.54, 1.807) is 12.1 Å². The van der Waals surface area contributed by atoms with E-state index in [1.165, 1.54) is 5.56 Å². The van der Waals surface area contributed by atoms with Crippen LogP contribution in [0.5, 0.6) is 5.75 Å². The number of benzene rings is 2. The number of fused-ring (bicyclic) bond motifs is 4. The lowest BCUT2D eigenvalue weighted by Gasteiger charge is -2.39. The Hall–Kier alpha value is -3.52. The van der Waals surface area contributed by atoms with Crippen LogP contribution in [0.15, 0.2) is 42.5 Å². The van der Waals surface area contributed by atoms with Crippen molar-refractivity contribution in [1.82, 2.24) is 15.1 Å². The van der Waals surface area contributed by atoms with Gasteiger partial charge in [-0.25, -0.2) is 0 Å². The summed E-state index contributed by atoms with van der Waals surface area (Å²) in [5.74, 6) is -1.25. The molecule has 1 spiro atoms. The van der Waals surface area contributed by atoms with Crippen molar-refractivity contribution in [2.45, 2.75) is 43.7 Å². The Morgan fingerprint density at radius 2 is 1.74 bits per heavy atom. The normalized spacial score (nSPS) is 23.6. The molecule has 8 nitrogen and oxygen atoms in total. The minimum atomic E-state index is -0.966. The third-order valence-corrected chi connectivity index (χ3v) is 7.67. The van der Waals surface area contributed by atoms with Gasteiger partial charge in [0.05, 0.1) is 17.7 Å². The molecule has 1 unspecified atom stereocenters. The summed E-state index contributed by atoms with van der Waals surface area (Å²) in [6.45, 7) is 3.08. The van der Waals surface area contributed by atoms with Gasteiger partial charge in [-0.15, -0.1) is 0 Å². The molecule has 34 heavy (non-hydrogen) atoms. The van der Waals surface area contributed by atoms with Crippen LogP contribution in [0.2, 0.25) is 0 Å². The smallest absolute Gasteiger partial charge is 0.262 e. The van der Waals surface area contributed by atoms with Gasteiger partial charge in [0.25, 0.3) is 11.8 Å². The van der Waals surface area contributed by atoms with Crippen molar-refractivity contribution >= 4 is 23.6 Å². The summed E-state index contributed by atoms with van der Waals surface area (Å²) < 4.78 is 6.05. The number of nitrogens with one attached hydrogen (secondary N) is 1. The second-order valence-electron chi connectivity index (χ2n) is 9.64. The zero-order valence-electron chi connectivity index (χ0n) is 18.7. The molecular formula is C26H25N3O5. The average Bonchev–Trinajstić information content (AvgIpc) is 3.31. The molecule has 8 heteroatoms. The van der Waals surface area contributed by atoms with Crippen molar-refractivity contribution in [2.24, 2.45) is 0 Å². The summed E-state index contributed by atoms with van der Waals surface area (Å²) in [4.78, 5) is 54.3. The molecule has 1 N–H and O–H groups in total. The van der Waals surface area contributed by atoms with Crippen molar-refractivity contribution < 1.29 is 23.9 Å². The van der Waals surface area contributed by atoms with Crippen LogP contribution in [0, 0.1) is 0 Å². The Morgan fingerprint density at radius 3 is 2.47 bits per heavy atom. The van der Waals surface area contributed by atoms with Gasteiger partial charge in [-0.05, 0) is 50.0 Å². The molecule has 2 fully saturated rings. The summed E-state index contributed by atoms with van der Waals surface area (Å²) in [5, 5.41) is 2.25. The fraction of sp³-hybridized carbons (Fsp3) is 0.385. The first kappa shape index (κ1) is 21.0. The molecule has 0 aromatic heterocycles. The van der Waals surface area contributed by atoms with Gasteiger partial charge in [-0.2, -0.15) is 0 Å². The van der Waals surface area contributed by atoms with Crippen molar-refractivity contribution in [3.8, 4) is 5.75 Å². The summed E-state index contributed by atoms with van der Waals surface area (Å²) in [6.07, 6.45) is 1.90. The first-order valence-electron chi connectivity index (χ1n) is 11.7. The fourth-order valence-electron chi connectivity index (χ4n) is 5.85. The van der Waals surface area contributed by atoms with Crippen LogP contribution in [0.25, 0.3) is 0 Å². The Morgan fingerprint density at radius 1 is 0.971 bits per heavy atom. The van der Waals surface area contributed by atoms with Crippen molar-refractivity contribution in [3.63, 3.8) is 0 Å². The van der Waals surface area contributed by atoms with Gasteiger partial charge in [0, 0.05) is 23.9 Å². The minimum Gasteiger partial charge on any atom is -0.492 e. The Bertz CT molecular complexity index is 1220. The van der Waals surface area contributed by atoms with Gasteiger partial charge >= 0.3 is 0 Å². The second kappa shape index (κ2) is 7.77. The lowest BCUT2D eigenvalue weighted by Crippen LogP contribution is -2.54. The number of hydrogen-bond donors (Lipinski definition) is 1. The predicted molar refractivity (Wildman–Crippen MR) is 121 cm³/mol. The molecule has 4 heterocycles. The first-order valence-corrected chi connectivity index (χ1v) is 11.7. The summed E-state index contributed by atoms with van der Waals surface area (Å²) >= 11 is 0. The maximum absolute atomic E-state index is 13.6. The molecule has 0 aliphatic carbocycles. The van der Waals surface area contributed by atoms with Crippen LogP contribution in [-0.2, 0) is 21.5 Å². The molecule has 6 rings (SSSR count). The number of imide groups is 2. The fourth-order valence-corrected chi connectivity index (χ4v) is 5.85. The highest BCUT2D eigenvalue weighted by atomic mass is 16.5. The molecule has 4 aliphatic rings. The molecule has 2 saturated heterocycles. The van der Waals surface area contributed by atoms with E-state index in [0.29, 0.717) is 23.5 Å². The van der Waals surface area contributed by atoms with E-state index in [1.807, 2.05) is 18.2 Å². The van der Waals surface area contributed by atoms with E-state index in [0.717, 1.165) is 42.9 Å². The molecule has 4 aliphatic heterocycles. The number of rotatable bonds is 3. The molecule has 0 saturated carbocycles. The average molecular weight is 460 g/mol. The van der Waals surface area contributed by atoms with Gasteiger partial charge in [0.1, 0.15) is 11.8 Å². The van der Waals surface area contributed by atoms with Crippen molar-refractivity contribution in [1.29, 1.82) is 0 Å². The number of nitrogens with zero attached hydrogens (tertiary/aromatic N) is 2. The zero-order chi connectivity index (χ0) is 23.4. The highest BCUT2D eigenvalue weighted by Crippen LogP contribution is 2.50. The van der Waals surface area contributed by atoms with Crippen molar-refractivity contribution in [2.75, 3.05) is 19.7 Å². The summed E-state index contributed by atoms with van der Waals surface area (Å²) in [7, 11) is 0. The van der Waals surface area contributed by atoms with Crippen LogP contribution in [0.3, 0.4) is 0 Å². The van der Waals surface area contributed by atoms with Crippen LogP contribution in [0.4, 0.5) is 0 Å². The van der Waals surface area contributed by atoms with Crippen LogP contribution in [0.1, 0.15) is 57.5 Å². The number of piperidine rings is 2. The largest absolute Gasteiger partial charge is 0.492 e. The molecule has 0 bridgehead atoms.